The Bertz CT molecular complexity index is 576. The number of hydrogen-bond acceptors (Lipinski definition) is 3. The lowest BCUT2D eigenvalue weighted by Gasteiger charge is -2.43. The maximum atomic E-state index is 13.3. The second-order valence-electron chi connectivity index (χ2n) is 7.48. The van der Waals surface area contributed by atoms with E-state index in [4.69, 9.17) is 0 Å². The highest BCUT2D eigenvalue weighted by atomic mass is 16.2. The molecule has 3 rings (SSSR count). The molecule has 1 aliphatic heterocycles. The molecule has 6 heteroatoms. The fraction of sp³-hybridized carbons (Fsp3) is 0.722. The van der Waals surface area contributed by atoms with Crippen LogP contribution in [0.3, 0.4) is 0 Å². The van der Waals surface area contributed by atoms with Crippen LogP contribution in [0.25, 0.3) is 0 Å². The van der Waals surface area contributed by atoms with Gasteiger partial charge in [-0.15, -0.1) is 0 Å². The summed E-state index contributed by atoms with van der Waals surface area (Å²) in [7, 11) is 0. The molecule has 2 fully saturated rings. The predicted molar refractivity (Wildman–Crippen MR) is 91.3 cm³/mol. The van der Waals surface area contributed by atoms with E-state index >= 15 is 0 Å². The normalized spacial score (nSPS) is 30.8. The third-order valence-electron chi connectivity index (χ3n) is 5.54. The molecule has 0 aromatic carbocycles. The maximum absolute atomic E-state index is 13.3. The molecule has 0 unspecified atom stereocenters. The SMILES string of the molecule is CC(=O)NC1(C(=O)N2CCC[C@H](n3cccn3)C2)CCC(C)CC1. The molecule has 1 saturated heterocycles. The molecule has 2 amide bonds. The van der Waals surface area contributed by atoms with Gasteiger partial charge in [0.05, 0.1) is 6.04 Å². The van der Waals surface area contributed by atoms with Gasteiger partial charge in [-0.3, -0.25) is 14.3 Å². The summed E-state index contributed by atoms with van der Waals surface area (Å²) in [5.41, 5.74) is -0.704. The summed E-state index contributed by atoms with van der Waals surface area (Å²) in [6.07, 6.45) is 9.22. The van der Waals surface area contributed by atoms with Crippen molar-refractivity contribution >= 4 is 11.8 Å². The zero-order chi connectivity index (χ0) is 17.2. The van der Waals surface area contributed by atoms with Crippen LogP contribution in [0.4, 0.5) is 0 Å². The Morgan fingerprint density at radius 3 is 2.62 bits per heavy atom. The molecule has 2 aliphatic rings. The highest BCUT2D eigenvalue weighted by Gasteiger charge is 2.45. The Labute approximate surface area is 143 Å². The van der Waals surface area contributed by atoms with Gasteiger partial charge in [0, 0.05) is 32.4 Å². The van der Waals surface area contributed by atoms with E-state index in [-0.39, 0.29) is 17.9 Å². The summed E-state index contributed by atoms with van der Waals surface area (Å²) in [6.45, 7) is 5.18. The van der Waals surface area contributed by atoms with E-state index in [2.05, 4.69) is 17.3 Å². The van der Waals surface area contributed by atoms with Crippen molar-refractivity contribution in [1.29, 1.82) is 0 Å². The van der Waals surface area contributed by atoms with Gasteiger partial charge in [-0.25, -0.2) is 0 Å². The molecule has 0 bridgehead atoms. The van der Waals surface area contributed by atoms with E-state index in [1.807, 2.05) is 21.8 Å². The average Bonchev–Trinajstić information content (AvgIpc) is 3.11. The molecule has 1 N–H and O–H groups in total. The molecule has 1 aromatic rings. The maximum Gasteiger partial charge on any atom is 0.248 e. The first-order valence-electron chi connectivity index (χ1n) is 9.07. The van der Waals surface area contributed by atoms with Crippen molar-refractivity contribution in [1.82, 2.24) is 20.0 Å². The van der Waals surface area contributed by atoms with Crippen LogP contribution >= 0.6 is 0 Å². The number of carbonyl (C=O) groups is 2. The summed E-state index contributed by atoms with van der Waals surface area (Å²) in [5, 5.41) is 7.34. The van der Waals surface area contributed by atoms with Crippen molar-refractivity contribution in [2.24, 2.45) is 5.92 Å². The highest BCUT2D eigenvalue weighted by Crippen LogP contribution is 2.34. The van der Waals surface area contributed by atoms with Crippen LogP contribution in [0, 0.1) is 5.92 Å². The van der Waals surface area contributed by atoms with Crippen LogP contribution in [0.2, 0.25) is 0 Å². The van der Waals surface area contributed by atoms with E-state index in [1.54, 1.807) is 6.20 Å². The minimum absolute atomic E-state index is 0.0986. The Morgan fingerprint density at radius 2 is 2.00 bits per heavy atom. The van der Waals surface area contributed by atoms with Gasteiger partial charge in [0.15, 0.2) is 0 Å². The minimum atomic E-state index is -0.704. The van der Waals surface area contributed by atoms with Gasteiger partial charge in [-0.1, -0.05) is 6.92 Å². The van der Waals surface area contributed by atoms with E-state index < -0.39 is 5.54 Å². The molecule has 0 radical (unpaired) electrons. The number of nitrogens with one attached hydrogen (secondary N) is 1. The minimum Gasteiger partial charge on any atom is -0.342 e. The largest absolute Gasteiger partial charge is 0.342 e. The number of rotatable bonds is 3. The van der Waals surface area contributed by atoms with Gasteiger partial charge in [0.25, 0.3) is 0 Å². The van der Waals surface area contributed by atoms with Crippen molar-refractivity contribution in [3.05, 3.63) is 18.5 Å². The molecule has 1 aromatic heterocycles. The first kappa shape index (κ1) is 17.0. The number of carbonyl (C=O) groups excluding carboxylic acids is 2. The van der Waals surface area contributed by atoms with Crippen molar-refractivity contribution in [3.63, 3.8) is 0 Å². The number of aromatic nitrogens is 2. The number of piperidine rings is 1. The molecule has 6 nitrogen and oxygen atoms in total. The van der Waals surface area contributed by atoms with E-state index in [1.165, 1.54) is 6.92 Å². The van der Waals surface area contributed by atoms with Gasteiger partial charge in [-0.2, -0.15) is 5.10 Å². The number of nitrogens with zero attached hydrogens (tertiary/aromatic N) is 3. The Morgan fingerprint density at radius 1 is 1.25 bits per heavy atom. The fourth-order valence-electron chi connectivity index (χ4n) is 4.14. The molecule has 132 valence electrons. The summed E-state index contributed by atoms with van der Waals surface area (Å²) in [5.74, 6) is 0.609. The molecule has 0 spiro atoms. The monoisotopic (exact) mass is 332 g/mol. The lowest BCUT2D eigenvalue weighted by Crippen LogP contribution is -2.61. The smallest absolute Gasteiger partial charge is 0.248 e. The Kier molecular flexibility index (Phi) is 4.92. The molecule has 24 heavy (non-hydrogen) atoms. The summed E-state index contributed by atoms with van der Waals surface area (Å²) < 4.78 is 1.95. The lowest BCUT2D eigenvalue weighted by molar-refractivity contribution is -0.145. The third-order valence-corrected chi connectivity index (χ3v) is 5.54. The van der Waals surface area contributed by atoms with Gasteiger partial charge in [0.1, 0.15) is 5.54 Å². The Hall–Kier alpha value is -1.85. The van der Waals surface area contributed by atoms with Gasteiger partial charge in [0.2, 0.25) is 11.8 Å². The van der Waals surface area contributed by atoms with Crippen molar-refractivity contribution in [2.45, 2.75) is 64.0 Å². The van der Waals surface area contributed by atoms with Crippen LogP contribution < -0.4 is 5.32 Å². The van der Waals surface area contributed by atoms with E-state index in [9.17, 15) is 9.59 Å². The van der Waals surface area contributed by atoms with Crippen LogP contribution in [0.1, 0.15) is 58.4 Å². The number of likely N-dealkylation sites (tertiary alicyclic amines) is 1. The van der Waals surface area contributed by atoms with Crippen LogP contribution in [0.5, 0.6) is 0 Å². The van der Waals surface area contributed by atoms with Crippen LogP contribution in [0.15, 0.2) is 18.5 Å². The second-order valence-corrected chi connectivity index (χ2v) is 7.48. The summed E-state index contributed by atoms with van der Waals surface area (Å²) in [4.78, 5) is 27.0. The summed E-state index contributed by atoms with van der Waals surface area (Å²) in [6, 6.07) is 2.15. The van der Waals surface area contributed by atoms with Crippen molar-refractivity contribution in [2.75, 3.05) is 13.1 Å². The lowest BCUT2D eigenvalue weighted by atomic mass is 9.76. The number of amides is 2. The molecule has 1 saturated carbocycles. The average molecular weight is 332 g/mol. The predicted octanol–water partition coefficient (Wildman–Crippen LogP) is 2.13. The first-order valence-corrected chi connectivity index (χ1v) is 9.07. The van der Waals surface area contributed by atoms with Crippen molar-refractivity contribution in [3.8, 4) is 0 Å². The van der Waals surface area contributed by atoms with Gasteiger partial charge in [-0.05, 0) is 50.5 Å². The van der Waals surface area contributed by atoms with Crippen molar-refractivity contribution < 1.29 is 9.59 Å². The zero-order valence-corrected chi connectivity index (χ0v) is 14.7. The number of hydrogen-bond donors (Lipinski definition) is 1. The highest BCUT2D eigenvalue weighted by molar-refractivity contribution is 5.91. The van der Waals surface area contributed by atoms with Gasteiger partial charge >= 0.3 is 0 Å². The zero-order valence-electron chi connectivity index (χ0n) is 14.7. The van der Waals surface area contributed by atoms with Crippen LogP contribution in [-0.4, -0.2) is 45.1 Å². The first-order chi connectivity index (χ1) is 11.5. The quantitative estimate of drug-likeness (QED) is 0.922. The Balaban J connectivity index is 1.75. The summed E-state index contributed by atoms with van der Waals surface area (Å²) >= 11 is 0. The molecular weight excluding hydrogens is 304 g/mol. The van der Waals surface area contributed by atoms with Gasteiger partial charge < -0.3 is 10.2 Å². The standard InChI is InChI=1S/C18H28N4O2/c1-14-6-8-18(9-7-14,20-15(2)23)17(24)21-11-3-5-16(13-21)22-12-4-10-19-22/h4,10,12,14,16H,3,5-9,11,13H2,1-2H3,(H,20,23)/t14?,16-,18?/m0/s1. The van der Waals surface area contributed by atoms with Crippen LogP contribution in [-0.2, 0) is 9.59 Å². The fourth-order valence-corrected chi connectivity index (χ4v) is 4.14. The van der Waals surface area contributed by atoms with E-state index in [0.29, 0.717) is 12.5 Å². The second kappa shape index (κ2) is 6.95. The third kappa shape index (κ3) is 3.47. The topological polar surface area (TPSA) is 67.2 Å². The molecule has 2 heterocycles. The molecule has 1 aliphatic carbocycles. The van der Waals surface area contributed by atoms with E-state index in [0.717, 1.165) is 45.1 Å². The molecular formula is C18H28N4O2. The molecule has 1 atom stereocenters.